The molecule has 124 valence electrons. The molecule has 0 aromatic rings. The van der Waals surface area contributed by atoms with Gasteiger partial charge < -0.3 is 10.4 Å². The number of carbonyl (C=O) groups is 1. The van der Waals surface area contributed by atoms with Gasteiger partial charge in [-0.15, -0.1) is 0 Å². The van der Waals surface area contributed by atoms with Gasteiger partial charge in [0.25, 0.3) is 0 Å². The molecule has 0 aromatic carbocycles. The van der Waals surface area contributed by atoms with E-state index in [-0.39, 0.29) is 0 Å². The highest BCUT2D eigenvalue weighted by molar-refractivity contribution is 7.99. The number of carboxylic acid groups (broad SMARTS) is 1. The first-order valence-corrected chi connectivity index (χ1v) is 9.63. The van der Waals surface area contributed by atoms with Crippen LogP contribution in [0.1, 0.15) is 72.1 Å². The summed E-state index contributed by atoms with van der Waals surface area (Å²) in [5.74, 6) is 1.36. The van der Waals surface area contributed by atoms with Crippen LogP contribution in [0.2, 0.25) is 0 Å². The minimum atomic E-state index is -0.750. The lowest BCUT2D eigenvalue weighted by atomic mass is 9.91. The first-order chi connectivity index (χ1) is 9.98. The predicted molar refractivity (Wildman–Crippen MR) is 92.1 cm³/mol. The molecule has 1 rings (SSSR count). The third-order valence-corrected chi connectivity index (χ3v) is 5.97. The van der Waals surface area contributed by atoms with Crippen molar-refractivity contribution in [2.24, 2.45) is 5.92 Å². The molecule has 3 unspecified atom stereocenters. The van der Waals surface area contributed by atoms with Crippen molar-refractivity contribution in [3.8, 4) is 0 Å². The van der Waals surface area contributed by atoms with Crippen molar-refractivity contribution in [3.05, 3.63) is 0 Å². The molecule has 0 amide bonds. The second kappa shape index (κ2) is 9.73. The Balaban J connectivity index is 2.17. The summed E-state index contributed by atoms with van der Waals surface area (Å²) in [4.78, 5) is 11.4. The van der Waals surface area contributed by atoms with Crippen LogP contribution in [0.5, 0.6) is 0 Å². The standard InChI is InChI=1S/C17H33NO2S/c1-4-11-18-17(3,16(19)20)10-5-6-12-21-15-9-7-8-14(2)13-15/h14-15,18H,4-13H2,1-3H3,(H,19,20). The molecule has 0 bridgehead atoms. The quantitative estimate of drug-likeness (QED) is 0.590. The van der Waals surface area contributed by atoms with Gasteiger partial charge in [0.15, 0.2) is 0 Å². The lowest BCUT2D eigenvalue weighted by molar-refractivity contribution is -0.144. The van der Waals surface area contributed by atoms with Crippen LogP contribution < -0.4 is 5.32 Å². The smallest absolute Gasteiger partial charge is 0.323 e. The SMILES string of the molecule is CCCNC(C)(CCCCSC1CCCC(C)C1)C(=O)O. The molecule has 0 aromatic heterocycles. The number of nitrogens with one attached hydrogen (secondary N) is 1. The fourth-order valence-corrected chi connectivity index (χ4v) is 4.53. The Morgan fingerprint density at radius 1 is 1.38 bits per heavy atom. The molecular formula is C17H33NO2S. The summed E-state index contributed by atoms with van der Waals surface area (Å²) >= 11 is 2.11. The molecule has 21 heavy (non-hydrogen) atoms. The van der Waals surface area contributed by atoms with Crippen molar-refractivity contribution in [3.63, 3.8) is 0 Å². The highest BCUT2D eigenvalue weighted by atomic mass is 32.2. The molecular weight excluding hydrogens is 282 g/mol. The van der Waals surface area contributed by atoms with Crippen LogP contribution >= 0.6 is 11.8 Å². The molecule has 0 heterocycles. The average molecular weight is 316 g/mol. The van der Waals surface area contributed by atoms with E-state index in [1.54, 1.807) is 0 Å². The van der Waals surface area contributed by atoms with E-state index in [2.05, 4.69) is 30.9 Å². The Hall–Kier alpha value is -0.220. The topological polar surface area (TPSA) is 49.3 Å². The molecule has 1 aliphatic carbocycles. The van der Waals surface area contributed by atoms with Gasteiger partial charge in [0.2, 0.25) is 0 Å². The fourth-order valence-electron chi connectivity index (χ4n) is 3.03. The Bertz CT molecular complexity index is 311. The van der Waals surface area contributed by atoms with E-state index < -0.39 is 11.5 Å². The van der Waals surface area contributed by atoms with Crippen molar-refractivity contribution in [2.45, 2.75) is 82.9 Å². The largest absolute Gasteiger partial charge is 0.480 e. The molecule has 0 spiro atoms. The molecule has 1 aliphatic rings. The zero-order chi connectivity index (χ0) is 15.7. The predicted octanol–water partition coefficient (Wildman–Crippen LogP) is 4.31. The van der Waals surface area contributed by atoms with Gasteiger partial charge in [-0.1, -0.05) is 33.1 Å². The van der Waals surface area contributed by atoms with Crippen molar-refractivity contribution in [1.29, 1.82) is 0 Å². The normalized spacial score (nSPS) is 25.5. The Morgan fingerprint density at radius 2 is 2.14 bits per heavy atom. The third kappa shape index (κ3) is 7.05. The van der Waals surface area contributed by atoms with E-state index in [1.807, 2.05) is 6.92 Å². The summed E-state index contributed by atoms with van der Waals surface area (Å²) in [6, 6.07) is 0. The highest BCUT2D eigenvalue weighted by Gasteiger charge is 2.31. The number of unbranched alkanes of at least 4 members (excludes halogenated alkanes) is 1. The van der Waals surface area contributed by atoms with Crippen LogP contribution in [-0.4, -0.2) is 34.2 Å². The molecule has 0 aliphatic heterocycles. The van der Waals surface area contributed by atoms with Crippen LogP contribution in [0.25, 0.3) is 0 Å². The molecule has 3 nitrogen and oxygen atoms in total. The summed E-state index contributed by atoms with van der Waals surface area (Å²) in [6.45, 7) is 7.03. The summed E-state index contributed by atoms with van der Waals surface area (Å²) in [7, 11) is 0. The third-order valence-electron chi connectivity index (χ3n) is 4.55. The van der Waals surface area contributed by atoms with E-state index in [9.17, 15) is 9.90 Å². The number of hydrogen-bond donors (Lipinski definition) is 2. The Morgan fingerprint density at radius 3 is 2.76 bits per heavy atom. The van der Waals surface area contributed by atoms with E-state index in [4.69, 9.17) is 0 Å². The lowest BCUT2D eigenvalue weighted by Crippen LogP contribution is -2.49. The number of aliphatic carboxylic acids is 1. The lowest BCUT2D eigenvalue weighted by Gasteiger charge is -2.27. The van der Waals surface area contributed by atoms with Crippen LogP contribution in [-0.2, 0) is 4.79 Å². The van der Waals surface area contributed by atoms with E-state index in [1.165, 1.54) is 31.4 Å². The number of carboxylic acids is 1. The Kier molecular flexibility index (Phi) is 8.72. The maximum atomic E-state index is 11.4. The van der Waals surface area contributed by atoms with E-state index in [0.717, 1.165) is 43.4 Å². The van der Waals surface area contributed by atoms with Crippen LogP contribution in [0.15, 0.2) is 0 Å². The second-order valence-corrected chi connectivity index (χ2v) is 8.19. The minimum absolute atomic E-state index is 0.718. The van der Waals surface area contributed by atoms with E-state index >= 15 is 0 Å². The minimum Gasteiger partial charge on any atom is -0.480 e. The summed E-state index contributed by atoms with van der Waals surface area (Å²) in [5, 5.41) is 13.4. The van der Waals surface area contributed by atoms with Crippen molar-refractivity contribution < 1.29 is 9.90 Å². The van der Waals surface area contributed by atoms with Gasteiger partial charge in [-0.3, -0.25) is 4.79 Å². The molecule has 1 fully saturated rings. The van der Waals surface area contributed by atoms with E-state index in [0.29, 0.717) is 0 Å². The maximum absolute atomic E-state index is 11.4. The molecule has 1 saturated carbocycles. The van der Waals surface area contributed by atoms with Gasteiger partial charge in [-0.25, -0.2) is 0 Å². The Labute approximate surface area is 134 Å². The summed E-state index contributed by atoms with van der Waals surface area (Å²) in [5.41, 5.74) is -0.750. The van der Waals surface area contributed by atoms with Gasteiger partial charge in [0.1, 0.15) is 5.54 Å². The van der Waals surface area contributed by atoms with Crippen LogP contribution in [0.3, 0.4) is 0 Å². The fraction of sp³-hybridized carbons (Fsp3) is 0.941. The second-order valence-electron chi connectivity index (χ2n) is 6.79. The highest BCUT2D eigenvalue weighted by Crippen LogP contribution is 2.32. The zero-order valence-corrected chi connectivity index (χ0v) is 14.8. The van der Waals surface area contributed by atoms with Gasteiger partial charge in [-0.2, -0.15) is 11.8 Å². The van der Waals surface area contributed by atoms with Crippen molar-refractivity contribution >= 4 is 17.7 Å². The maximum Gasteiger partial charge on any atom is 0.323 e. The molecule has 4 heteroatoms. The number of rotatable bonds is 10. The van der Waals surface area contributed by atoms with Crippen molar-refractivity contribution in [2.75, 3.05) is 12.3 Å². The monoisotopic (exact) mass is 315 g/mol. The molecule has 2 N–H and O–H groups in total. The molecule has 3 atom stereocenters. The summed E-state index contributed by atoms with van der Waals surface area (Å²) in [6.07, 6.45) is 9.35. The first kappa shape index (κ1) is 18.8. The van der Waals surface area contributed by atoms with Crippen LogP contribution in [0.4, 0.5) is 0 Å². The zero-order valence-electron chi connectivity index (χ0n) is 14.0. The van der Waals surface area contributed by atoms with Gasteiger partial charge in [0.05, 0.1) is 0 Å². The molecule has 0 radical (unpaired) electrons. The summed E-state index contributed by atoms with van der Waals surface area (Å²) < 4.78 is 0. The number of thioether (sulfide) groups is 1. The van der Waals surface area contributed by atoms with Crippen molar-refractivity contribution in [1.82, 2.24) is 5.32 Å². The van der Waals surface area contributed by atoms with Gasteiger partial charge in [0, 0.05) is 5.25 Å². The van der Waals surface area contributed by atoms with Gasteiger partial charge >= 0.3 is 5.97 Å². The average Bonchev–Trinajstić information content (AvgIpc) is 2.44. The van der Waals surface area contributed by atoms with Gasteiger partial charge in [-0.05, 0) is 57.2 Å². The number of hydrogen-bond acceptors (Lipinski definition) is 3. The first-order valence-electron chi connectivity index (χ1n) is 8.58. The van der Waals surface area contributed by atoms with Crippen LogP contribution in [0, 0.1) is 5.92 Å². The molecule has 0 saturated heterocycles.